The largest absolute Gasteiger partial charge is 0.481 e. The number of nitrogens with zero attached hydrogens (tertiary/aromatic N) is 1. The standard InChI is InChI=1S/C19H27N5O4/c20-19(21)24-10-7-13(8-11-24)4-5-16(25)23-15-3-1-2-14(12-15)18(28)22-9-6-17(26)27/h1-3,12-13H,4-11H2,(H3,20,21)(H,22,28)(H,23,25)(H,26,27). The van der Waals surface area contributed by atoms with Crippen molar-refractivity contribution in [1.29, 1.82) is 5.41 Å². The van der Waals surface area contributed by atoms with Gasteiger partial charge in [-0.1, -0.05) is 6.07 Å². The molecule has 28 heavy (non-hydrogen) atoms. The number of carboxylic acids is 1. The summed E-state index contributed by atoms with van der Waals surface area (Å²) < 4.78 is 0. The number of hydrogen-bond acceptors (Lipinski definition) is 4. The van der Waals surface area contributed by atoms with Crippen LogP contribution in [0.3, 0.4) is 0 Å². The minimum atomic E-state index is -0.978. The normalized spacial score (nSPS) is 14.4. The molecule has 0 atom stereocenters. The Bertz CT molecular complexity index is 729. The number of guanidine groups is 1. The van der Waals surface area contributed by atoms with Gasteiger partial charge in [-0.2, -0.15) is 0 Å². The summed E-state index contributed by atoms with van der Waals surface area (Å²) in [5.74, 6) is -0.934. The number of benzene rings is 1. The zero-order valence-corrected chi connectivity index (χ0v) is 15.7. The fraction of sp³-hybridized carbons (Fsp3) is 0.474. The molecule has 1 aliphatic heterocycles. The minimum Gasteiger partial charge on any atom is -0.481 e. The molecular weight excluding hydrogens is 362 g/mol. The van der Waals surface area contributed by atoms with E-state index < -0.39 is 5.97 Å². The Hall–Kier alpha value is -3.10. The predicted molar refractivity (Wildman–Crippen MR) is 105 cm³/mol. The summed E-state index contributed by atoms with van der Waals surface area (Å²) in [7, 11) is 0. The van der Waals surface area contributed by atoms with Crippen molar-refractivity contribution < 1.29 is 19.5 Å². The van der Waals surface area contributed by atoms with Crippen molar-refractivity contribution in [3.8, 4) is 0 Å². The molecule has 0 spiro atoms. The summed E-state index contributed by atoms with van der Waals surface area (Å²) in [6.07, 6.45) is 2.85. The number of rotatable bonds is 8. The third kappa shape index (κ3) is 6.90. The summed E-state index contributed by atoms with van der Waals surface area (Å²) in [5.41, 5.74) is 6.38. The van der Waals surface area contributed by atoms with E-state index >= 15 is 0 Å². The van der Waals surface area contributed by atoms with Gasteiger partial charge in [0.25, 0.3) is 5.91 Å². The second-order valence-electron chi connectivity index (χ2n) is 6.88. The molecule has 0 saturated carbocycles. The van der Waals surface area contributed by atoms with Crippen LogP contribution >= 0.6 is 0 Å². The van der Waals surface area contributed by atoms with Crippen molar-refractivity contribution in [2.75, 3.05) is 25.0 Å². The summed E-state index contributed by atoms with van der Waals surface area (Å²) >= 11 is 0. The number of amides is 2. The zero-order chi connectivity index (χ0) is 20.5. The van der Waals surface area contributed by atoms with Gasteiger partial charge in [0, 0.05) is 37.3 Å². The van der Waals surface area contributed by atoms with Gasteiger partial charge >= 0.3 is 5.97 Å². The first-order valence-electron chi connectivity index (χ1n) is 9.34. The molecule has 9 nitrogen and oxygen atoms in total. The van der Waals surface area contributed by atoms with Crippen LogP contribution < -0.4 is 16.4 Å². The monoisotopic (exact) mass is 389 g/mol. The van der Waals surface area contributed by atoms with E-state index in [1.165, 1.54) is 0 Å². The highest BCUT2D eigenvalue weighted by Gasteiger charge is 2.20. The predicted octanol–water partition coefficient (Wildman–Crippen LogP) is 1.22. The smallest absolute Gasteiger partial charge is 0.305 e. The Morgan fingerprint density at radius 3 is 2.57 bits per heavy atom. The molecule has 1 heterocycles. The lowest BCUT2D eigenvalue weighted by Gasteiger charge is -2.32. The Balaban J connectivity index is 1.77. The molecule has 9 heteroatoms. The molecule has 6 N–H and O–H groups in total. The summed E-state index contributed by atoms with van der Waals surface area (Å²) in [6, 6.07) is 6.55. The highest BCUT2D eigenvalue weighted by molar-refractivity contribution is 5.97. The van der Waals surface area contributed by atoms with Gasteiger partial charge in [-0.3, -0.25) is 19.8 Å². The van der Waals surface area contributed by atoms with Crippen LogP contribution in [0.15, 0.2) is 24.3 Å². The van der Waals surface area contributed by atoms with E-state index in [4.69, 9.17) is 16.2 Å². The van der Waals surface area contributed by atoms with Crippen LogP contribution in [0.1, 0.15) is 42.5 Å². The van der Waals surface area contributed by atoms with E-state index in [1.807, 2.05) is 4.90 Å². The van der Waals surface area contributed by atoms with Crippen LogP contribution in [0.25, 0.3) is 0 Å². The number of aliphatic carboxylic acids is 1. The van der Waals surface area contributed by atoms with Crippen LogP contribution in [0.4, 0.5) is 5.69 Å². The quantitative estimate of drug-likeness (QED) is 0.333. The minimum absolute atomic E-state index is 0.0488. The highest BCUT2D eigenvalue weighted by atomic mass is 16.4. The van der Waals surface area contributed by atoms with Crippen LogP contribution in [-0.2, 0) is 9.59 Å². The average Bonchev–Trinajstić information content (AvgIpc) is 2.66. The molecule has 1 saturated heterocycles. The Morgan fingerprint density at radius 1 is 1.21 bits per heavy atom. The molecule has 2 amide bonds. The average molecular weight is 389 g/mol. The molecular formula is C19H27N5O4. The zero-order valence-electron chi connectivity index (χ0n) is 15.7. The van der Waals surface area contributed by atoms with E-state index in [-0.39, 0.29) is 30.7 Å². The number of nitrogens with one attached hydrogen (secondary N) is 3. The fourth-order valence-electron chi connectivity index (χ4n) is 3.14. The lowest BCUT2D eigenvalue weighted by atomic mass is 9.92. The molecule has 0 aliphatic carbocycles. The first kappa shape index (κ1) is 21.2. The van der Waals surface area contributed by atoms with E-state index in [0.29, 0.717) is 23.6 Å². The van der Waals surface area contributed by atoms with Gasteiger partial charge in [-0.05, 0) is 43.4 Å². The van der Waals surface area contributed by atoms with Gasteiger partial charge in [-0.25, -0.2) is 0 Å². The number of hydrogen-bond donors (Lipinski definition) is 5. The molecule has 0 bridgehead atoms. The van der Waals surface area contributed by atoms with Gasteiger partial charge in [0.1, 0.15) is 0 Å². The fourth-order valence-corrected chi connectivity index (χ4v) is 3.14. The lowest BCUT2D eigenvalue weighted by molar-refractivity contribution is -0.136. The van der Waals surface area contributed by atoms with Gasteiger partial charge < -0.3 is 26.4 Å². The van der Waals surface area contributed by atoms with Gasteiger partial charge in [-0.15, -0.1) is 0 Å². The van der Waals surface area contributed by atoms with Crippen molar-refractivity contribution in [2.45, 2.75) is 32.1 Å². The van der Waals surface area contributed by atoms with Crippen LogP contribution in [0, 0.1) is 11.3 Å². The SMILES string of the molecule is N=C(N)N1CCC(CCC(=O)Nc2cccc(C(=O)NCCC(=O)O)c2)CC1. The van der Waals surface area contributed by atoms with Gasteiger partial charge in [0.15, 0.2) is 5.96 Å². The van der Waals surface area contributed by atoms with Crippen LogP contribution in [0.2, 0.25) is 0 Å². The van der Waals surface area contributed by atoms with Gasteiger partial charge in [0.2, 0.25) is 5.91 Å². The maximum Gasteiger partial charge on any atom is 0.305 e. The number of carbonyl (C=O) groups excluding carboxylic acids is 2. The Morgan fingerprint density at radius 2 is 1.93 bits per heavy atom. The topological polar surface area (TPSA) is 149 Å². The van der Waals surface area contributed by atoms with Crippen molar-refractivity contribution in [2.24, 2.45) is 11.7 Å². The van der Waals surface area contributed by atoms with Crippen molar-refractivity contribution in [3.63, 3.8) is 0 Å². The molecule has 1 aromatic rings. The number of carbonyl (C=O) groups is 3. The molecule has 1 fully saturated rings. The third-order valence-electron chi connectivity index (χ3n) is 4.77. The highest BCUT2D eigenvalue weighted by Crippen LogP contribution is 2.22. The molecule has 0 aromatic heterocycles. The van der Waals surface area contributed by atoms with Crippen molar-refractivity contribution in [3.05, 3.63) is 29.8 Å². The molecule has 1 aliphatic rings. The number of likely N-dealkylation sites (tertiary alicyclic amines) is 1. The number of nitrogens with two attached hydrogens (primary N) is 1. The first-order chi connectivity index (χ1) is 13.3. The van der Waals surface area contributed by atoms with E-state index in [0.717, 1.165) is 32.4 Å². The van der Waals surface area contributed by atoms with E-state index in [2.05, 4.69) is 10.6 Å². The number of anilines is 1. The third-order valence-corrected chi connectivity index (χ3v) is 4.77. The maximum absolute atomic E-state index is 12.2. The molecule has 152 valence electrons. The van der Waals surface area contributed by atoms with E-state index in [1.54, 1.807) is 24.3 Å². The summed E-state index contributed by atoms with van der Waals surface area (Å²) in [4.78, 5) is 36.6. The lowest BCUT2D eigenvalue weighted by Crippen LogP contribution is -2.42. The molecule has 0 radical (unpaired) electrons. The van der Waals surface area contributed by atoms with Crippen molar-refractivity contribution >= 4 is 29.4 Å². The molecule has 2 rings (SSSR count). The molecule has 0 unspecified atom stereocenters. The van der Waals surface area contributed by atoms with Crippen LogP contribution in [-0.4, -0.2) is 53.4 Å². The van der Waals surface area contributed by atoms with E-state index in [9.17, 15) is 14.4 Å². The summed E-state index contributed by atoms with van der Waals surface area (Å²) in [6.45, 7) is 1.55. The second-order valence-corrected chi connectivity index (χ2v) is 6.88. The Kier molecular flexibility index (Phi) is 7.79. The van der Waals surface area contributed by atoms with Crippen molar-refractivity contribution in [1.82, 2.24) is 10.2 Å². The maximum atomic E-state index is 12.2. The van der Waals surface area contributed by atoms with Gasteiger partial charge in [0.05, 0.1) is 6.42 Å². The number of carboxylic acid groups (broad SMARTS) is 1. The van der Waals surface area contributed by atoms with Crippen LogP contribution in [0.5, 0.6) is 0 Å². The second kappa shape index (κ2) is 10.3. The molecule has 1 aromatic carbocycles. The summed E-state index contributed by atoms with van der Waals surface area (Å²) in [5, 5.41) is 21.4. The Labute approximate surface area is 163 Å². The first-order valence-corrected chi connectivity index (χ1v) is 9.34. The number of piperidine rings is 1.